The van der Waals surface area contributed by atoms with E-state index in [9.17, 15) is 0 Å². The van der Waals surface area contributed by atoms with Gasteiger partial charge in [-0.2, -0.15) is 0 Å². The van der Waals surface area contributed by atoms with Crippen LogP contribution in [0.15, 0.2) is 0 Å². The first-order chi connectivity index (χ1) is 8.35. The Kier molecular flexibility index (Phi) is 6.13. The maximum Gasteiger partial charge on any atom is 0.00448 e. The molecule has 1 saturated heterocycles. The van der Waals surface area contributed by atoms with Gasteiger partial charge in [0, 0.05) is 13.1 Å². The van der Waals surface area contributed by atoms with E-state index in [-0.39, 0.29) is 0 Å². The van der Waals surface area contributed by atoms with Gasteiger partial charge in [0.2, 0.25) is 0 Å². The van der Waals surface area contributed by atoms with Gasteiger partial charge in [0.25, 0.3) is 0 Å². The third kappa shape index (κ3) is 6.19. The average Bonchev–Trinajstić information content (AvgIpc) is 2.40. The Labute approximate surface area is 115 Å². The third-order valence-corrected chi connectivity index (χ3v) is 4.11. The lowest BCUT2D eigenvalue weighted by molar-refractivity contribution is 0.174. The van der Waals surface area contributed by atoms with E-state index >= 15 is 0 Å². The van der Waals surface area contributed by atoms with Gasteiger partial charge < -0.3 is 10.2 Å². The zero-order valence-corrected chi connectivity index (χ0v) is 13.3. The summed E-state index contributed by atoms with van der Waals surface area (Å²) in [4.78, 5) is 2.68. The molecule has 18 heavy (non-hydrogen) atoms. The summed E-state index contributed by atoms with van der Waals surface area (Å²) in [5, 5.41) is 3.57. The Morgan fingerprint density at radius 1 is 1.17 bits per heavy atom. The van der Waals surface area contributed by atoms with Gasteiger partial charge in [-0.3, -0.25) is 0 Å². The summed E-state index contributed by atoms with van der Waals surface area (Å²) in [5.74, 6) is 0. The molecule has 2 heteroatoms. The van der Waals surface area contributed by atoms with Crippen molar-refractivity contribution in [2.24, 2.45) is 10.8 Å². The minimum absolute atomic E-state index is 0.393. The topological polar surface area (TPSA) is 15.3 Å². The van der Waals surface area contributed by atoms with Crippen LogP contribution in [0.25, 0.3) is 0 Å². The highest BCUT2D eigenvalue weighted by atomic mass is 15.1. The molecule has 0 bridgehead atoms. The number of likely N-dealkylation sites (tertiary alicyclic amines) is 1. The molecule has 1 rings (SSSR count). The molecule has 0 radical (unpaired) electrons. The molecule has 1 N–H and O–H groups in total. The van der Waals surface area contributed by atoms with Crippen LogP contribution in [-0.4, -0.2) is 37.6 Å². The number of nitrogens with zero attached hydrogens (tertiary/aromatic N) is 1. The van der Waals surface area contributed by atoms with Crippen LogP contribution in [0.1, 0.15) is 60.3 Å². The molecule has 0 aromatic rings. The fraction of sp³-hybridized carbons (Fsp3) is 1.00. The molecule has 1 heterocycles. The molecule has 0 amide bonds. The Hall–Kier alpha value is -0.0800. The quantitative estimate of drug-likeness (QED) is 0.730. The number of nitrogens with one attached hydrogen (secondary N) is 1. The van der Waals surface area contributed by atoms with Crippen molar-refractivity contribution in [2.75, 3.05) is 32.7 Å². The maximum atomic E-state index is 3.57. The lowest BCUT2D eigenvalue weighted by atomic mass is 9.85. The van der Waals surface area contributed by atoms with Crippen molar-refractivity contribution in [2.45, 2.75) is 60.3 Å². The Bertz CT molecular complexity index is 233. The minimum atomic E-state index is 0.393. The lowest BCUT2D eigenvalue weighted by Gasteiger charge is -2.32. The highest BCUT2D eigenvalue weighted by Crippen LogP contribution is 2.30. The predicted octanol–water partition coefficient (Wildman–Crippen LogP) is 3.52. The van der Waals surface area contributed by atoms with Crippen LogP contribution in [0.3, 0.4) is 0 Å². The molecule has 0 aromatic heterocycles. The van der Waals surface area contributed by atoms with Gasteiger partial charge in [-0.25, -0.2) is 0 Å². The molecule has 0 aliphatic carbocycles. The van der Waals surface area contributed by atoms with Crippen molar-refractivity contribution in [1.29, 1.82) is 0 Å². The standard InChI is InChI=1S/C16H34N2/c1-6-10-17-13-16(4,5)14-18-11-7-8-15(2,3)9-12-18/h17H,6-14H2,1-5H3. The normalized spacial score (nSPS) is 21.8. The first-order valence-corrected chi connectivity index (χ1v) is 7.78. The lowest BCUT2D eigenvalue weighted by Crippen LogP contribution is -2.41. The van der Waals surface area contributed by atoms with Crippen molar-refractivity contribution in [3.8, 4) is 0 Å². The van der Waals surface area contributed by atoms with Gasteiger partial charge in [-0.1, -0.05) is 34.6 Å². The Morgan fingerprint density at radius 2 is 1.89 bits per heavy atom. The van der Waals surface area contributed by atoms with Crippen molar-refractivity contribution in [3.05, 3.63) is 0 Å². The van der Waals surface area contributed by atoms with Gasteiger partial charge in [-0.05, 0) is 56.1 Å². The van der Waals surface area contributed by atoms with E-state index in [1.54, 1.807) is 0 Å². The first-order valence-electron chi connectivity index (χ1n) is 7.78. The largest absolute Gasteiger partial charge is 0.316 e. The zero-order valence-electron chi connectivity index (χ0n) is 13.3. The fourth-order valence-electron chi connectivity index (χ4n) is 2.90. The second kappa shape index (κ2) is 6.91. The summed E-state index contributed by atoms with van der Waals surface area (Å²) in [6.07, 6.45) is 5.34. The molecule has 0 atom stereocenters. The van der Waals surface area contributed by atoms with E-state index in [0.717, 1.165) is 13.1 Å². The van der Waals surface area contributed by atoms with Crippen LogP contribution in [-0.2, 0) is 0 Å². The zero-order chi connectivity index (χ0) is 13.6. The third-order valence-electron chi connectivity index (χ3n) is 4.11. The maximum absolute atomic E-state index is 3.57. The molecule has 0 spiro atoms. The highest BCUT2D eigenvalue weighted by molar-refractivity contribution is 4.81. The minimum Gasteiger partial charge on any atom is -0.316 e. The van der Waals surface area contributed by atoms with Crippen molar-refractivity contribution < 1.29 is 0 Å². The molecule has 1 aliphatic rings. The smallest absolute Gasteiger partial charge is 0.00448 e. The average molecular weight is 254 g/mol. The first kappa shape index (κ1) is 16.0. The van der Waals surface area contributed by atoms with Gasteiger partial charge in [0.05, 0.1) is 0 Å². The van der Waals surface area contributed by atoms with E-state index in [0.29, 0.717) is 10.8 Å². The summed E-state index contributed by atoms with van der Waals surface area (Å²) < 4.78 is 0. The number of rotatable bonds is 6. The summed E-state index contributed by atoms with van der Waals surface area (Å²) in [6.45, 7) is 18.0. The molecule has 1 aliphatic heterocycles. The second-order valence-electron chi connectivity index (χ2n) is 7.63. The Balaban J connectivity index is 2.36. The van der Waals surface area contributed by atoms with Crippen molar-refractivity contribution in [3.63, 3.8) is 0 Å². The van der Waals surface area contributed by atoms with Crippen LogP contribution in [0, 0.1) is 10.8 Å². The van der Waals surface area contributed by atoms with Crippen LogP contribution in [0.2, 0.25) is 0 Å². The van der Waals surface area contributed by atoms with E-state index < -0.39 is 0 Å². The van der Waals surface area contributed by atoms with Crippen LogP contribution in [0.4, 0.5) is 0 Å². The van der Waals surface area contributed by atoms with Gasteiger partial charge in [0.1, 0.15) is 0 Å². The molecular formula is C16H34N2. The summed E-state index contributed by atoms with van der Waals surface area (Å²) in [7, 11) is 0. The SMILES string of the molecule is CCCNCC(C)(C)CN1CCCC(C)(C)CC1. The van der Waals surface area contributed by atoms with Gasteiger partial charge in [0.15, 0.2) is 0 Å². The monoisotopic (exact) mass is 254 g/mol. The molecule has 0 aromatic carbocycles. The molecule has 108 valence electrons. The van der Waals surface area contributed by atoms with Crippen LogP contribution in [0.5, 0.6) is 0 Å². The second-order valence-corrected chi connectivity index (χ2v) is 7.63. The molecule has 1 fully saturated rings. The Morgan fingerprint density at radius 3 is 2.56 bits per heavy atom. The summed E-state index contributed by atoms with van der Waals surface area (Å²) >= 11 is 0. The van der Waals surface area contributed by atoms with E-state index in [1.807, 2.05) is 0 Å². The van der Waals surface area contributed by atoms with Crippen molar-refractivity contribution in [1.82, 2.24) is 10.2 Å². The predicted molar refractivity (Wildman–Crippen MR) is 81.0 cm³/mol. The van der Waals surface area contributed by atoms with Gasteiger partial charge >= 0.3 is 0 Å². The summed E-state index contributed by atoms with van der Waals surface area (Å²) in [5.41, 5.74) is 0.947. The number of hydrogen-bond acceptors (Lipinski definition) is 2. The summed E-state index contributed by atoms with van der Waals surface area (Å²) in [6, 6.07) is 0. The molecular weight excluding hydrogens is 220 g/mol. The number of hydrogen-bond donors (Lipinski definition) is 1. The van der Waals surface area contributed by atoms with E-state index in [1.165, 1.54) is 45.3 Å². The van der Waals surface area contributed by atoms with Crippen LogP contribution < -0.4 is 5.32 Å². The molecule has 2 nitrogen and oxygen atoms in total. The molecule has 0 saturated carbocycles. The van der Waals surface area contributed by atoms with Crippen molar-refractivity contribution >= 4 is 0 Å². The highest BCUT2D eigenvalue weighted by Gasteiger charge is 2.26. The van der Waals surface area contributed by atoms with Gasteiger partial charge in [-0.15, -0.1) is 0 Å². The molecule has 0 unspecified atom stereocenters. The fourth-order valence-corrected chi connectivity index (χ4v) is 2.90. The van der Waals surface area contributed by atoms with Crippen LogP contribution >= 0.6 is 0 Å². The van der Waals surface area contributed by atoms with E-state index in [2.05, 4.69) is 44.8 Å². The van der Waals surface area contributed by atoms with E-state index in [4.69, 9.17) is 0 Å².